The standard InChI is InChI=1S/C16H17ClN2O/c1-10-4-7-15(11(2)8-10)19(3)16(20)12-5-6-13(17)14(18)9-12/h4-9H,18H2,1-3H3. The van der Waals surface area contributed by atoms with Crippen LogP contribution in [0, 0.1) is 13.8 Å². The maximum atomic E-state index is 12.5. The van der Waals surface area contributed by atoms with Crippen LogP contribution in [0.25, 0.3) is 0 Å². The van der Waals surface area contributed by atoms with Gasteiger partial charge in [0.05, 0.1) is 10.7 Å². The summed E-state index contributed by atoms with van der Waals surface area (Å²) in [6.07, 6.45) is 0. The molecule has 3 nitrogen and oxygen atoms in total. The van der Waals surface area contributed by atoms with Crippen LogP contribution in [0.4, 0.5) is 11.4 Å². The van der Waals surface area contributed by atoms with Crippen molar-refractivity contribution in [3.8, 4) is 0 Å². The molecule has 0 bridgehead atoms. The number of nitrogen functional groups attached to an aromatic ring is 1. The van der Waals surface area contributed by atoms with Gasteiger partial charge in [0.15, 0.2) is 0 Å². The van der Waals surface area contributed by atoms with E-state index in [-0.39, 0.29) is 5.91 Å². The first-order chi connectivity index (χ1) is 9.40. The van der Waals surface area contributed by atoms with Crippen LogP contribution in [0.3, 0.4) is 0 Å². The highest BCUT2D eigenvalue weighted by Crippen LogP contribution is 2.24. The molecule has 20 heavy (non-hydrogen) atoms. The molecule has 104 valence electrons. The van der Waals surface area contributed by atoms with Crippen molar-refractivity contribution in [1.29, 1.82) is 0 Å². The molecular weight excluding hydrogens is 272 g/mol. The highest BCUT2D eigenvalue weighted by Gasteiger charge is 2.16. The Balaban J connectivity index is 2.34. The summed E-state index contributed by atoms with van der Waals surface area (Å²) in [7, 11) is 1.75. The summed E-state index contributed by atoms with van der Waals surface area (Å²) in [6.45, 7) is 4.01. The van der Waals surface area contributed by atoms with Crippen molar-refractivity contribution in [2.24, 2.45) is 0 Å². The minimum atomic E-state index is -0.111. The molecule has 0 heterocycles. The van der Waals surface area contributed by atoms with Gasteiger partial charge in [0, 0.05) is 18.3 Å². The first kappa shape index (κ1) is 14.4. The van der Waals surface area contributed by atoms with Crippen molar-refractivity contribution in [2.75, 3.05) is 17.7 Å². The zero-order valence-electron chi connectivity index (χ0n) is 11.8. The van der Waals surface area contributed by atoms with Crippen LogP contribution >= 0.6 is 11.6 Å². The lowest BCUT2D eigenvalue weighted by atomic mass is 10.1. The molecule has 2 aromatic rings. The molecular formula is C16H17ClN2O. The summed E-state index contributed by atoms with van der Waals surface area (Å²) >= 11 is 5.87. The molecule has 2 aromatic carbocycles. The minimum absolute atomic E-state index is 0.111. The molecule has 2 N–H and O–H groups in total. The third-order valence-corrected chi connectivity index (χ3v) is 3.61. The smallest absolute Gasteiger partial charge is 0.258 e. The number of rotatable bonds is 2. The average Bonchev–Trinajstić information content (AvgIpc) is 2.40. The average molecular weight is 289 g/mol. The molecule has 0 aliphatic rings. The van der Waals surface area contributed by atoms with Crippen LogP contribution in [-0.2, 0) is 0 Å². The van der Waals surface area contributed by atoms with E-state index in [1.54, 1.807) is 30.1 Å². The first-order valence-electron chi connectivity index (χ1n) is 6.30. The zero-order chi connectivity index (χ0) is 14.9. The van der Waals surface area contributed by atoms with Gasteiger partial charge in [-0.3, -0.25) is 4.79 Å². The Morgan fingerprint density at radius 1 is 1.15 bits per heavy atom. The van der Waals surface area contributed by atoms with E-state index in [0.717, 1.165) is 11.3 Å². The fourth-order valence-electron chi connectivity index (χ4n) is 2.16. The van der Waals surface area contributed by atoms with Crippen molar-refractivity contribution < 1.29 is 4.79 Å². The normalized spacial score (nSPS) is 10.4. The molecule has 0 saturated carbocycles. The Morgan fingerprint density at radius 3 is 2.45 bits per heavy atom. The Labute approximate surface area is 124 Å². The lowest BCUT2D eigenvalue weighted by molar-refractivity contribution is 0.0993. The van der Waals surface area contributed by atoms with E-state index < -0.39 is 0 Å². The fraction of sp³-hybridized carbons (Fsp3) is 0.188. The van der Waals surface area contributed by atoms with Crippen molar-refractivity contribution >= 4 is 28.9 Å². The largest absolute Gasteiger partial charge is 0.398 e. The number of anilines is 2. The van der Waals surface area contributed by atoms with Crippen LogP contribution in [-0.4, -0.2) is 13.0 Å². The van der Waals surface area contributed by atoms with E-state index in [2.05, 4.69) is 6.07 Å². The quantitative estimate of drug-likeness (QED) is 0.854. The molecule has 2 rings (SSSR count). The summed E-state index contributed by atoms with van der Waals surface area (Å²) in [6, 6.07) is 10.9. The third kappa shape index (κ3) is 2.78. The van der Waals surface area contributed by atoms with Gasteiger partial charge >= 0.3 is 0 Å². The van der Waals surface area contributed by atoms with E-state index in [0.29, 0.717) is 16.3 Å². The van der Waals surface area contributed by atoms with Gasteiger partial charge in [-0.05, 0) is 43.7 Å². The van der Waals surface area contributed by atoms with E-state index >= 15 is 0 Å². The lowest BCUT2D eigenvalue weighted by Crippen LogP contribution is -2.27. The molecule has 0 aliphatic heterocycles. The number of benzene rings is 2. The van der Waals surface area contributed by atoms with Gasteiger partial charge in [0.25, 0.3) is 5.91 Å². The van der Waals surface area contributed by atoms with Gasteiger partial charge in [0.2, 0.25) is 0 Å². The van der Waals surface area contributed by atoms with E-state index in [4.69, 9.17) is 17.3 Å². The number of nitrogens with zero attached hydrogens (tertiary/aromatic N) is 1. The van der Waals surface area contributed by atoms with Gasteiger partial charge in [-0.15, -0.1) is 0 Å². The number of nitrogens with two attached hydrogens (primary N) is 1. The molecule has 0 unspecified atom stereocenters. The molecule has 1 amide bonds. The topological polar surface area (TPSA) is 46.3 Å². The molecule has 4 heteroatoms. The number of carbonyl (C=O) groups excluding carboxylic acids is 1. The SMILES string of the molecule is Cc1ccc(N(C)C(=O)c2ccc(Cl)c(N)c2)c(C)c1. The number of amides is 1. The number of halogens is 1. The molecule has 0 fully saturated rings. The number of carbonyl (C=O) groups is 1. The lowest BCUT2D eigenvalue weighted by Gasteiger charge is -2.20. The zero-order valence-corrected chi connectivity index (χ0v) is 12.5. The molecule has 0 aliphatic carbocycles. The van der Waals surface area contributed by atoms with Crippen molar-refractivity contribution in [3.05, 3.63) is 58.1 Å². The van der Waals surface area contributed by atoms with Gasteiger partial charge in [-0.25, -0.2) is 0 Å². The van der Waals surface area contributed by atoms with Gasteiger partial charge < -0.3 is 10.6 Å². The Kier molecular flexibility index (Phi) is 4.00. The summed E-state index contributed by atoms with van der Waals surface area (Å²) < 4.78 is 0. The second kappa shape index (κ2) is 5.55. The molecule has 0 saturated heterocycles. The minimum Gasteiger partial charge on any atom is -0.398 e. The van der Waals surface area contributed by atoms with Crippen LogP contribution in [0.1, 0.15) is 21.5 Å². The summed E-state index contributed by atoms with van der Waals surface area (Å²) in [5.41, 5.74) is 9.79. The summed E-state index contributed by atoms with van der Waals surface area (Å²) in [5.74, 6) is -0.111. The second-order valence-electron chi connectivity index (χ2n) is 4.89. The molecule has 0 atom stereocenters. The van der Waals surface area contributed by atoms with Crippen LogP contribution < -0.4 is 10.6 Å². The monoisotopic (exact) mass is 288 g/mol. The van der Waals surface area contributed by atoms with Gasteiger partial charge in [-0.2, -0.15) is 0 Å². The van der Waals surface area contributed by atoms with Crippen LogP contribution in [0.2, 0.25) is 5.02 Å². The van der Waals surface area contributed by atoms with Crippen molar-refractivity contribution in [1.82, 2.24) is 0 Å². The van der Waals surface area contributed by atoms with E-state index in [1.807, 2.05) is 26.0 Å². The molecule has 0 spiro atoms. The first-order valence-corrected chi connectivity index (χ1v) is 6.68. The van der Waals surface area contributed by atoms with Gasteiger partial charge in [-0.1, -0.05) is 29.3 Å². The van der Waals surface area contributed by atoms with Crippen LogP contribution in [0.5, 0.6) is 0 Å². The highest BCUT2D eigenvalue weighted by molar-refractivity contribution is 6.33. The summed E-state index contributed by atoms with van der Waals surface area (Å²) in [4.78, 5) is 14.1. The van der Waals surface area contributed by atoms with Gasteiger partial charge in [0.1, 0.15) is 0 Å². The Morgan fingerprint density at radius 2 is 1.85 bits per heavy atom. The maximum absolute atomic E-state index is 12.5. The Bertz CT molecular complexity index is 668. The number of aryl methyl sites for hydroxylation is 2. The Hall–Kier alpha value is -2.00. The van der Waals surface area contributed by atoms with Crippen molar-refractivity contribution in [2.45, 2.75) is 13.8 Å². The summed E-state index contributed by atoms with van der Waals surface area (Å²) in [5, 5.41) is 0.454. The maximum Gasteiger partial charge on any atom is 0.258 e. The number of hydrogen-bond acceptors (Lipinski definition) is 2. The van der Waals surface area contributed by atoms with E-state index in [1.165, 1.54) is 5.56 Å². The third-order valence-electron chi connectivity index (χ3n) is 3.26. The van der Waals surface area contributed by atoms with E-state index in [9.17, 15) is 4.79 Å². The fourth-order valence-corrected chi connectivity index (χ4v) is 2.28. The predicted octanol–water partition coefficient (Wildman–Crippen LogP) is 3.82. The molecule has 0 aromatic heterocycles. The van der Waals surface area contributed by atoms with Crippen LogP contribution in [0.15, 0.2) is 36.4 Å². The van der Waals surface area contributed by atoms with Crippen molar-refractivity contribution in [3.63, 3.8) is 0 Å². The highest BCUT2D eigenvalue weighted by atomic mass is 35.5. The predicted molar refractivity (Wildman–Crippen MR) is 84.5 cm³/mol. The molecule has 0 radical (unpaired) electrons. The number of hydrogen-bond donors (Lipinski definition) is 1. The second-order valence-corrected chi connectivity index (χ2v) is 5.30.